The predicted octanol–water partition coefficient (Wildman–Crippen LogP) is 6.94. The number of nitrogens with one attached hydrogen (secondary N) is 1. The van der Waals surface area contributed by atoms with E-state index in [2.05, 4.69) is 5.32 Å². The second kappa shape index (κ2) is 11.4. The van der Waals surface area contributed by atoms with Gasteiger partial charge in [-0.1, -0.05) is 52.5 Å². The largest absolute Gasteiger partial charge is 0.490 e. The van der Waals surface area contributed by atoms with Crippen molar-refractivity contribution in [1.29, 1.82) is 0 Å². The minimum atomic E-state index is -0.867. The molecule has 0 spiro atoms. The standard InChI is InChI=1S/C26H18Cl4N2O5/c1-2-36-22-12-15(11-21(30)23(22)37-13-14-3-8-19(28)20(29)10-14)9-18-24(33)31-26(35)32(25(18)34)17-6-4-16(27)5-7-17/h3-12H,2,13H2,1H3,(H,31,33,35)/b18-9+. The van der Waals surface area contributed by atoms with Crippen LogP contribution in [0.2, 0.25) is 20.1 Å². The zero-order chi connectivity index (χ0) is 26.7. The highest BCUT2D eigenvalue weighted by Gasteiger charge is 2.36. The van der Waals surface area contributed by atoms with Crippen LogP contribution in [0.3, 0.4) is 0 Å². The van der Waals surface area contributed by atoms with E-state index >= 15 is 0 Å². The van der Waals surface area contributed by atoms with Crippen molar-refractivity contribution in [2.45, 2.75) is 13.5 Å². The number of ether oxygens (including phenoxy) is 2. The zero-order valence-corrected chi connectivity index (χ0v) is 22.2. The summed E-state index contributed by atoms with van der Waals surface area (Å²) in [5.74, 6) is -1.07. The molecule has 4 rings (SSSR count). The fraction of sp³-hybridized carbons (Fsp3) is 0.115. The third kappa shape index (κ3) is 6.02. The monoisotopic (exact) mass is 578 g/mol. The molecule has 1 fully saturated rings. The lowest BCUT2D eigenvalue weighted by Gasteiger charge is -2.26. The minimum Gasteiger partial charge on any atom is -0.490 e. The molecule has 1 aliphatic heterocycles. The van der Waals surface area contributed by atoms with Crippen molar-refractivity contribution in [3.63, 3.8) is 0 Å². The summed E-state index contributed by atoms with van der Waals surface area (Å²) in [5, 5.41) is 3.61. The Bertz CT molecular complexity index is 1420. The molecule has 11 heteroatoms. The van der Waals surface area contributed by atoms with Crippen LogP contribution in [0.15, 0.2) is 60.2 Å². The summed E-state index contributed by atoms with van der Waals surface area (Å²) >= 11 is 24.4. The highest BCUT2D eigenvalue weighted by atomic mass is 35.5. The number of rotatable bonds is 7. The average Bonchev–Trinajstić information content (AvgIpc) is 2.84. The molecule has 0 saturated carbocycles. The van der Waals surface area contributed by atoms with Crippen molar-refractivity contribution >= 4 is 76.0 Å². The minimum absolute atomic E-state index is 0.135. The smallest absolute Gasteiger partial charge is 0.335 e. The normalized spacial score (nSPS) is 14.7. The lowest BCUT2D eigenvalue weighted by Crippen LogP contribution is -2.54. The molecule has 1 N–H and O–H groups in total. The Morgan fingerprint density at radius 2 is 1.59 bits per heavy atom. The van der Waals surface area contributed by atoms with Crippen molar-refractivity contribution < 1.29 is 23.9 Å². The van der Waals surface area contributed by atoms with Crippen molar-refractivity contribution in [3.8, 4) is 11.5 Å². The number of nitrogens with zero attached hydrogens (tertiary/aromatic N) is 1. The van der Waals surface area contributed by atoms with Gasteiger partial charge in [-0.25, -0.2) is 9.69 Å². The van der Waals surface area contributed by atoms with E-state index in [1.165, 1.54) is 36.4 Å². The van der Waals surface area contributed by atoms with Crippen LogP contribution in [0.4, 0.5) is 10.5 Å². The molecule has 0 unspecified atom stereocenters. The Kier molecular flexibility index (Phi) is 8.29. The Hall–Kier alpha value is -3.23. The highest BCUT2D eigenvalue weighted by molar-refractivity contribution is 6.42. The van der Waals surface area contributed by atoms with Crippen LogP contribution < -0.4 is 19.7 Å². The molecule has 4 amide bonds. The molecule has 37 heavy (non-hydrogen) atoms. The number of benzene rings is 3. The molecule has 0 aliphatic carbocycles. The molecule has 7 nitrogen and oxygen atoms in total. The second-order valence-electron chi connectivity index (χ2n) is 7.73. The molecule has 3 aromatic rings. The predicted molar refractivity (Wildman–Crippen MR) is 144 cm³/mol. The summed E-state index contributed by atoms with van der Waals surface area (Å²) in [6.45, 7) is 2.23. The first-order valence-electron chi connectivity index (χ1n) is 10.9. The SMILES string of the molecule is CCOc1cc(/C=C2\C(=O)NC(=O)N(c3ccc(Cl)cc3)C2=O)cc(Cl)c1OCc1ccc(Cl)c(Cl)c1. The van der Waals surface area contributed by atoms with Crippen molar-refractivity contribution in [1.82, 2.24) is 5.32 Å². The summed E-state index contributed by atoms with van der Waals surface area (Å²) in [5.41, 5.74) is 1.14. The van der Waals surface area contributed by atoms with Crippen LogP contribution in [-0.4, -0.2) is 24.5 Å². The molecule has 0 bridgehead atoms. The molecule has 190 valence electrons. The number of barbiturate groups is 1. The Morgan fingerprint density at radius 3 is 2.27 bits per heavy atom. The average molecular weight is 580 g/mol. The van der Waals surface area contributed by atoms with Gasteiger partial charge in [-0.15, -0.1) is 0 Å². The van der Waals surface area contributed by atoms with Crippen LogP contribution in [0, 0.1) is 0 Å². The van der Waals surface area contributed by atoms with E-state index in [1.54, 1.807) is 31.2 Å². The van der Waals surface area contributed by atoms with E-state index < -0.39 is 17.8 Å². The van der Waals surface area contributed by atoms with E-state index in [1.807, 2.05) is 0 Å². The van der Waals surface area contributed by atoms with Gasteiger partial charge < -0.3 is 9.47 Å². The Labute approximate surface area is 232 Å². The van der Waals surface area contributed by atoms with Gasteiger partial charge in [0.15, 0.2) is 11.5 Å². The molecule has 1 heterocycles. The molecular weight excluding hydrogens is 562 g/mol. The number of halogens is 4. The van der Waals surface area contributed by atoms with Crippen molar-refractivity contribution in [2.24, 2.45) is 0 Å². The van der Waals surface area contributed by atoms with Crippen LogP contribution in [0.5, 0.6) is 11.5 Å². The third-order valence-electron chi connectivity index (χ3n) is 5.20. The van der Waals surface area contributed by atoms with Crippen molar-refractivity contribution in [2.75, 3.05) is 11.5 Å². The zero-order valence-electron chi connectivity index (χ0n) is 19.2. The van der Waals surface area contributed by atoms with Gasteiger partial charge in [-0.05, 0) is 72.7 Å². The van der Waals surface area contributed by atoms with E-state index in [0.29, 0.717) is 33.0 Å². The summed E-state index contributed by atoms with van der Waals surface area (Å²) in [7, 11) is 0. The number of imide groups is 2. The first kappa shape index (κ1) is 26.8. The maximum atomic E-state index is 13.1. The highest BCUT2D eigenvalue weighted by Crippen LogP contribution is 2.38. The molecule has 3 aromatic carbocycles. The van der Waals surface area contributed by atoms with Gasteiger partial charge in [0.05, 0.1) is 27.4 Å². The van der Waals surface area contributed by atoms with Gasteiger partial charge in [0.25, 0.3) is 11.8 Å². The van der Waals surface area contributed by atoms with Gasteiger partial charge in [0.2, 0.25) is 0 Å². The van der Waals surface area contributed by atoms with Gasteiger partial charge >= 0.3 is 6.03 Å². The van der Waals surface area contributed by atoms with Crippen LogP contribution in [0.25, 0.3) is 6.08 Å². The molecule has 0 atom stereocenters. The third-order valence-corrected chi connectivity index (χ3v) is 6.47. The topological polar surface area (TPSA) is 84.9 Å². The number of amides is 4. The molecule has 0 radical (unpaired) electrons. The number of hydrogen-bond donors (Lipinski definition) is 1. The summed E-state index contributed by atoms with van der Waals surface area (Å²) in [6, 6.07) is 13.4. The van der Waals surface area contributed by atoms with E-state index in [0.717, 1.165) is 10.5 Å². The molecule has 1 saturated heterocycles. The number of anilines is 1. The lowest BCUT2D eigenvalue weighted by molar-refractivity contribution is -0.122. The van der Waals surface area contributed by atoms with Gasteiger partial charge in [0, 0.05) is 5.02 Å². The lowest BCUT2D eigenvalue weighted by atomic mass is 10.1. The molecule has 0 aromatic heterocycles. The van der Waals surface area contributed by atoms with E-state index in [4.69, 9.17) is 55.9 Å². The number of urea groups is 1. The summed E-state index contributed by atoms with van der Waals surface area (Å²) in [6.07, 6.45) is 1.32. The summed E-state index contributed by atoms with van der Waals surface area (Å²) in [4.78, 5) is 38.9. The Morgan fingerprint density at radius 1 is 0.865 bits per heavy atom. The number of carbonyl (C=O) groups excluding carboxylic acids is 3. The maximum Gasteiger partial charge on any atom is 0.335 e. The van der Waals surface area contributed by atoms with Crippen molar-refractivity contribution in [3.05, 3.63) is 91.4 Å². The van der Waals surface area contributed by atoms with Gasteiger partial charge in [-0.3, -0.25) is 14.9 Å². The molecule has 1 aliphatic rings. The van der Waals surface area contributed by atoms with Gasteiger partial charge in [-0.2, -0.15) is 0 Å². The van der Waals surface area contributed by atoms with Crippen LogP contribution in [0.1, 0.15) is 18.1 Å². The van der Waals surface area contributed by atoms with E-state index in [9.17, 15) is 14.4 Å². The Balaban J connectivity index is 1.65. The number of hydrogen-bond acceptors (Lipinski definition) is 5. The van der Waals surface area contributed by atoms with Gasteiger partial charge in [0.1, 0.15) is 12.2 Å². The number of carbonyl (C=O) groups is 3. The maximum absolute atomic E-state index is 13.1. The fourth-order valence-electron chi connectivity index (χ4n) is 3.51. The first-order valence-corrected chi connectivity index (χ1v) is 12.4. The van der Waals surface area contributed by atoms with Crippen LogP contribution >= 0.6 is 46.4 Å². The second-order valence-corrected chi connectivity index (χ2v) is 9.39. The fourth-order valence-corrected chi connectivity index (χ4v) is 4.23. The van der Waals surface area contributed by atoms with Crippen LogP contribution in [-0.2, 0) is 16.2 Å². The quantitative estimate of drug-likeness (QED) is 0.242. The first-order chi connectivity index (χ1) is 17.7. The van der Waals surface area contributed by atoms with E-state index in [-0.39, 0.29) is 28.6 Å². The molecular formula is C26H18Cl4N2O5. The summed E-state index contributed by atoms with van der Waals surface area (Å²) < 4.78 is 11.6.